The minimum absolute atomic E-state index is 0.769. The molecule has 0 aliphatic carbocycles. The lowest BCUT2D eigenvalue weighted by atomic mass is 10.1. The third kappa shape index (κ3) is 2.54. The summed E-state index contributed by atoms with van der Waals surface area (Å²) in [7, 11) is 0. The van der Waals surface area contributed by atoms with E-state index in [9.17, 15) is 0 Å². The van der Waals surface area contributed by atoms with Gasteiger partial charge in [0.25, 0.3) is 0 Å². The molecule has 106 valence electrons. The number of benzene rings is 1. The average molecular weight is 336 g/mol. The summed E-state index contributed by atoms with van der Waals surface area (Å²) in [5.74, 6) is 1.96. The molecule has 0 amide bonds. The lowest BCUT2D eigenvalue weighted by molar-refractivity contribution is 0.352. The van der Waals surface area contributed by atoms with E-state index in [0.717, 1.165) is 48.0 Å². The maximum absolute atomic E-state index is 5.79. The highest BCUT2D eigenvalue weighted by Gasteiger charge is 2.18. The van der Waals surface area contributed by atoms with Gasteiger partial charge in [0.2, 0.25) is 5.95 Å². The zero-order chi connectivity index (χ0) is 14.1. The third-order valence-corrected chi connectivity index (χ3v) is 3.86. The fourth-order valence-electron chi connectivity index (χ4n) is 2.61. The molecule has 0 saturated carbocycles. The second kappa shape index (κ2) is 5.48. The largest absolute Gasteiger partial charge is 0.493 e. The number of hydrogen-bond donors (Lipinski definition) is 1. The average Bonchev–Trinajstić information content (AvgIpc) is 2.97. The van der Waals surface area contributed by atoms with Gasteiger partial charge in [-0.1, -0.05) is 15.9 Å². The van der Waals surface area contributed by atoms with E-state index in [4.69, 9.17) is 4.74 Å². The number of fused-ring (bicyclic) bond motifs is 1. The number of aryl methyl sites for hydroxylation is 1. The minimum Gasteiger partial charge on any atom is -0.493 e. The number of ether oxygens (including phenoxy) is 1. The molecule has 0 radical (unpaired) electrons. The van der Waals surface area contributed by atoms with E-state index < -0.39 is 0 Å². The van der Waals surface area contributed by atoms with Crippen LogP contribution in [0.3, 0.4) is 0 Å². The molecule has 2 aromatic rings. The number of nitrogens with zero attached hydrogens (tertiary/aromatic N) is 2. The van der Waals surface area contributed by atoms with Crippen LogP contribution in [0.2, 0.25) is 0 Å². The summed E-state index contributed by atoms with van der Waals surface area (Å²) in [6.45, 7) is 6.50. The second-order valence-corrected chi connectivity index (χ2v) is 5.93. The van der Waals surface area contributed by atoms with Crippen LogP contribution in [0.5, 0.6) is 5.75 Å². The molecule has 0 saturated heterocycles. The van der Waals surface area contributed by atoms with Crippen molar-refractivity contribution < 1.29 is 4.74 Å². The van der Waals surface area contributed by atoms with Gasteiger partial charge in [-0.15, -0.1) is 0 Å². The first kappa shape index (κ1) is 13.5. The van der Waals surface area contributed by atoms with E-state index in [2.05, 4.69) is 56.1 Å². The molecular weight excluding hydrogens is 318 g/mol. The zero-order valence-electron chi connectivity index (χ0n) is 11.7. The molecule has 1 aliphatic rings. The van der Waals surface area contributed by atoms with Crippen molar-refractivity contribution in [2.45, 2.75) is 26.8 Å². The van der Waals surface area contributed by atoms with E-state index in [0.29, 0.717) is 0 Å². The summed E-state index contributed by atoms with van der Waals surface area (Å²) in [5, 5.41) is 3.30. The maximum atomic E-state index is 5.79. The lowest BCUT2D eigenvalue weighted by Crippen LogP contribution is -2.08. The molecular formula is C15H18BrN3O. The van der Waals surface area contributed by atoms with E-state index in [-0.39, 0.29) is 0 Å². The minimum atomic E-state index is 0.769. The monoisotopic (exact) mass is 335 g/mol. The van der Waals surface area contributed by atoms with Crippen molar-refractivity contribution in [3.63, 3.8) is 0 Å². The van der Waals surface area contributed by atoms with Crippen LogP contribution in [0.15, 0.2) is 22.8 Å². The number of rotatable bonds is 4. The van der Waals surface area contributed by atoms with Gasteiger partial charge in [-0.05, 0) is 31.5 Å². The van der Waals surface area contributed by atoms with Gasteiger partial charge in [-0.25, -0.2) is 4.98 Å². The quantitative estimate of drug-likeness (QED) is 0.930. The van der Waals surface area contributed by atoms with Gasteiger partial charge < -0.3 is 14.6 Å². The van der Waals surface area contributed by atoms with Crippen molar-refractivity contribution in [2.24, 2.45) is 0 Å². The Balaban J connectivity index is 1.96. The van der Waals surface area contributed by atoms with Gasteiger partial charge >= 0.3 is 0 Å². The maximum Gasteiger partial charge on any atom is 0.203 e. The summed E-state index contributed by atoms with van der Waals surface area (Å²) < 4.78 is 9.04. The van der Waals surface area contributed by atoms with E-state index in [1.807, 2.05) is 6.92 Å². The summed E-state index contributed by atoms with van der Waals surface area (Å²) >= 11 is 3.59. The molecule has 0 fully saturated rings. The van der Waals surface area contributed by atoms with Gasteiger partial charge in [0.1, 0.15) is 5.75 Å². The highest BCUT2D eigenvalue weighted by Crippen LogP contribution is 2.33. The summed E-state index contributed by atoms with van der Waals surface area (Å²) in [5.41, 5.74) is 3.51. The molecule has 5 heteroatoms. The Morgan fingerprint density at radius 2 is 2.30 bits per heavy atom. The first-order valence-electron chi connectivity index (χ1n) is 6.89. The Bertz CT molecular complexity index is 636. The van der Waals surface area contributed by atoms with Crippen LogP contribution < -0.4 is 10.1 Å². The van der Waals surface area contributed by atoms with Crippen LogP contribution in [0.1, 0.15) is 23.7 Å². The molecule has 0 spiro atoms. The second-order valence-electron chi connectivity index (χ2n) is 5.02. The first-order valence-corrected chi connectivity index (χ1v) is 7.68. The molecule has 3 rings (SSSR count). The van der Waals surface area contributed by atoms with Gasteiger partial charge in [0.05, 0.1) is 18.8 Å². The predicted octanol–water partition coefficient (Wildman–Crippen LogP) is 3.37. The van der Waals surface area contributed by atoms with Crippen molar-refractivity contribution in [1.29, 1.82) is 0 Å². The van der Waals surface area contributed by atoms with Crippen LogP contribution in [0.25, 0.3) is 0 Å². The topological polar surface area (TPSA) is 39.1 Å². The highest BCUT2D eigenvalue weighted by atomic mass is 79.9. The molecule has 1 aromatic carbocycles. The highest BCUT2D eigenvalue weighted by molar-refractivity contribution is 9.10. The smallest absolute Gasteiger partial charge is 0.203 e. The van der Waals surface area contributed by atoms with Crippen LogP contribution >= 0.6 is 15.9 Å². The zero-order valence-corrected chi connectivity index (χ0v) is 13.3. The Morgan fingerprint density at radius 3 is 3.10 bits per heavy atom. The van der Waals surface area contributed by atoms with Crippen LogP contribution in [0.4, 0.5) is 5.95 Å². The van der Waals surface area contributed by atoms with Crippen molar-refractivity contribution in [3.8, 4) is 5.75 Å². The molecule has 0 atom stereocenters. The molecule has 1 N–H and O–H groups in total. The fraction of sp³-hybridized carbons (Fsp3) is 0.400. The summed E-state index contributed by atoms with van der Waals surface area (Å²) in [6, 6.07) is 4.28. The van der Waals surface area contributed by atoms with Crippen molar-refractivity contribution in [3.05, 3.63) is 39.6 Å². The van der Waals surface area contributed by atoms with Crippen LogP contribution in [-0.2, 0) is 13.0 Å². The van der Waals surface area contributed by atoms with Crippen LogP contribution in [-0.4, -0.2) is 22.7 Å². The van der Waals surface area contributed by atoms with Crippen molar-refractivity contribution in [2.75, 3.05) is 18.5 Å². The predicted molar refractivity (Wildman–Crippen MR) is 83.6 cm³/mol. The Kier molecular flexibility index (Phi) is 3.70. The summed E-state index contributed by atoms with van der Waals surface area (Å²) in [4.78, 5) is 4.51. The normalized spacial score (nSPS) is 13.2. The Morgan fingerprint density at radius 1 is 1.45 bits per heavy atom. The summed E-state index contributed by atoms with van der Waals surface area (Å²) in [6.07, 6.45) is 3.06. The first-order chi connectivity index (χ1) is 9.67. The van der Waals surface area contributed by atoms with Gasteiger partial charge in [0, 0.05) is 29.2 Å². The Hall–Kier alpha value is -1.49. The van der Waals surface area contributed by atoms with Gasteiger partial charge in [-0.2, -0.15) is 0 Å². The number of anilines is 1. The molecule has 20 heavy (non-hydrogen) atoms. The number of nitrogens with one attached hydrogen (secondary N) is 1. The standard InChI is InChI=1S/C15H18BrN3O/c1-3-17-15-18-10(2)8-19(15)9-12-7-13(16)6-11-4-5-20-14(11)12/h6-8H,3-5,9H2,1-2H3,(H,17,18). The molecule has 2 heterocycles. The van der Waals surface area contributed by atoms with Crippen molar-refractivity contribution in [1.82, 2.24) is 9.55 Å². The van der Waals surface area contributed by atoms with Gasteiger partial charge in [-0.3, -0.25) is 0 Å². The van der Waals surface area contributed by atoms with E-state index in [1.54, 1.807) is 0 Å². The molecule has 0 unspecified atom stereocenters. The number of halogens is 1. The van der Waals surface area contributed by atoms with Crippen molar-refractivity contribution >= 4 is 21.9 Å². The van der Waals surface area contributed by atoms with Gasteiger partial charge in [0.15, 0.2) is 0 Å². The number of hydrogen-bond acceptors (Lipinski definition) is 3. The number of aromatic nitrogens is 2. The molecule has 0 bridgehead atoms. The Labute approximate surface area is 127 Å². The fourth-order valence-corrected chi connectivity index (χ4v) is 3.17. The third-order valence-electron chi connectivity index (χ3n) is 3.40. The van der Waals surface area contributed by atoms with Crippen LogP contribution in [0, 0.1) is 6.92 Å². The molecule has 1 aliphatic heterocycles. The number of imidazole rings is 1. The lowest BCUT2D eigenvalue weighted by Gasteiger charge is -2.12. The SMILES string of the molecule is CCNc1nc(C)cn1Cc1cc(Br)cc2c1OCC2. The van der Waals surface area contributed by atoms with E-state index >= 15 is 0 Å². The molecule has 4 nitrogen and oxygen atoms in total. The van der Waals surface area contributed by atoms with E-state index in [1.165, 1.54) is 11.1 Å². The molecule has 1 aromatic heterocycles.